The van der Waals surface area contributed by atoms with Crippen LogP contribution >= 0.6 is 34.5 Å². The Labute approximate surface area is 225 Å². The summed E-state index contributed by atoms with van der Waals surface area (Å²) >= 11 is 13.6. The molecule has 0 atom stereocenters. The minimum Gasteiger partial charge on any atom is -0.493 e. The van der Waals surface area contributed by atoms with Crippen molar-refractivity contribution in [3.8, 4) is 11.5 Å². The average molecular weight is 556 g/mol. The smallest absolute Gasteiger partial charge is 0.355 e. The van der Waals surface area contributed by atoms with E-state index in [1.807, 2.05) is 31.2 Å². The van der Waals surface area contributed by atoms with Crippen LogP contribution in [0.1, 0.15) is 20.8 Å². The largest absolute Gasteiger partial charge is 0.493 e. The molecule has 0 saturated heterocycles. The highest BCUT2D eigenvalue weighted by Crippen LogP contribution is 2.37. The number of fused-ring (bicyclic) bond motifs is 1. The quantitative estimate of drug-likeness (QED) is 0.102. The summed E-state index contributed by atoms with van der Waals surface area (Å²) in [5.41, 5.74) is 3.89. The fraction of sp³-hybridized carbons (Fsp3) is 0.0769. The maximum absolute atomic E-state index is 12.8. The molecule has 11 heteroatoms. The van der Waals surface area contributed by atoms with Crippen LogP contribution in [0.15, 0.2) is 65.8 Å². The van der Waals surface area contributed by atoms with Crippen molar-refractivity contribution in [1.29, 1.82) is 0 Å². The number of carbonyl (C=O) groups is 3. The number of hydrazone groups is 1. The van der Waals surface area contributed by atoms with E-state index >= 15 is 0 Å². The first-order valence-corrected chi connectivity index (χ1v) is 12.3. The van der Waals surface area contributed by atoms with Crippen molar-refractivity contribution in [2.75, 3.05) is 12.4 Å². The third-order valence-corrected chi connectivity index (χ3v) is 7.19. The Hall–Kier alpha value is -3.92. The molecule has 37 heavy (non-hydrogen) atoms. The van der Waals surface area contributed by atoms with Gasteiger partial charge in [0.1, 0.15) is 4.88 Å². The first kappa shape index (κ1) is 26.2. The van der Waals surface area contributed by atoms with Gasteiger partial charge in [0.2, 0.25) is 0 Å². The van der Waals surface area contributed by atoms with Crippen molar-refractivity contribution >= 4 is 74.3 Å². The van der Waals surface area contributed by atoms with Gasteiger partial charge in [0.05, 0.1) is 18.3 Å². The van der Waals surface area contributed by atoms with Gasteiger partial charge in [-0.1, -0.05) is 47.5 Å². The van der Waals surface area contributed by atoms with E-state index in [2.05, 4.69) is 15.8 Å². The molecule has 0 aliphatic heterocycles. The Bertz CT molecular complexity index is 1550. The summed E-state index contributed by atoms with van der Waals surface area (Å²) in [6.07, 6.45) is 1.31. The maximum atomic E-state index is 12.8. The molecule has 4 rings (SSSR count). The number of methoxy groups -OCH3 is 1. The number of aryl methyl sites for hydroxylation is 1. The zero-order valence-corrected chi connectivity index (χ0v) is 21.8. The monoisotopic (exact) mass is 555 g/mol. The molecule has 1 heterocycles. The van der Waals surface area contributed by atoms with Crippen LogP contribution in [-0.2, 0) is 9.59 Å². The third-order valence-electron chi connectivity index (χ3n) is 5.13. The zero-order valence-electron chi connectivity index (χ0n) is 19.5. The van der Waals surface area contributed by atoms with Gasteiger partial charge in [-0.05, 0) is 54.4 Å². The number of amides is 2. The Kier molecular flexibility index (Phi) is 8.08. The summed E-state index contributed by atoms with van der Waals surface area (Å²) in [5.74, 6) is -2.05. The van der Waals surface area contributed by atoms with Crippen molar-refractivity contribution in [3.05, 3.63) is 86.7 Å². The van der Waals surface area contributed by atoms with E-state index in [0.29, 0.717) is 21.3 Å². The van der Waals surface area contributed by atoms with Gasteiger partial charge in [-0.15, -0.1) is 11.3 Å². The van der Waals surface area contributed by atoms with Gasteiger partial charge in [0.25, 0.3) is 0 Å². The Morgan fingerprint density at radius 3 is 2.49 bits per heavy atom. The first-order valence-electron chi connectivity index (χ1n) is 10.7. The number of esters is 1. The summed E-state index contributed by atoms with van der Waals surface area (Å²) in [5, 5.41) is 7.81. The molecular formula is C26H19Cl2N3O5S. The molecule has 0 bridgehead atoms. The summed E-state index contributed by atoms with van der Waals surface area (Å²) in [6.45, 7) is 1.82. The molecule has 0 radical (unpaired) electrons. The molecule has 2 amide bonds. The van der Waals surface area contributed by atoms with E-state index in [-0.39, 0.29) is 16.4 Å². The predicted molar refractivity (Wildman–Crippen MR) is 145 cm³/mol. The number of rotatable bonds is 6. The van der Waals surface area contributed by atoms with Gasteiger partial charge in [-0.2, -0.15) is 5.10 Å². The van der Waals surface area contributed by atoms with E-state index in [0.717, 1.165) is 15.6 Å². The topological polar surface area (TPSA) is 106 Å². The molecule has 188 valence electrons. The highest BCUT2D eigenvalue weighted by Gasteiger charge is 2.20. The van der Waals surface area contributed by atoms with Crippen LogP contribution in [0.4, 0.5) is 5.69 Å². The number of halogens is 2. The zero-order chi connectivity index (χ0) is 26.5. The molecule has 0 saturated carbocycles. The second-order valence-corrected chi connectivity index (χ2v) is 9.50. The molecule has 4 aromatic rings. The lowest BCUT2D eigenvalue weighted by molar-refractivity contribution is -0.136. The normalized spacial score (nSPS) is 10.9. The third kappa shape index (κ3) is 6.08. The van der Waals surface area contributed by atoms with Gasteiger partial charge in [-0.25, -0.2) is 10.2 Å². The number of hydrogen-bond acceptors (Lipinski definition) is 7. The molecule has 0 fully saturated rings. The number of nitrogens with one attached hydrogen (secondary N) is 2. The number of carbonyl (C=O) groups excluding carboxylic acids is 3. The van der Waals surface area contributed by atoms with Gasteiger partial charge in [0.15, 0.2) is 11.5 Å². The lowest BCUT2D eigenvalue weighted by Crippen LogP contribution is -2.32. The lowest BCUT2D eigenvalue weighted by atomic mass is 10.2. The van der Waals surface area contributed by atoms with Crippen molar-refractivity contribution in [3.63, 3.8) is 0 Å². The Morgan fingerprint density at radius 2 is 1.76 bits per heavy atom. The maximum Gasteiger partial charge on any atom is 0.355 e. The van der Waals surface area contributed by atoms with Crippen LogP contribution in [0.5, 0.6) is 11.5 Å². The number of benzene rings is 3. The van der Waals surface area contributed by atoms with E-state index in [1.54, 1.807) is 30.3 Å². The van der Waals surface area contributed by atoms with Gasteiger partial charge < -0.3 is 14.8 Å². The minimum absolute atomic E-state index is 0.179. The highest BCUT2D eigenvalue weighted by molar-refractivity contribution is 7.21. The molecule has 0 aliphatic carbocycles. The summed E-state index contributed by atoms with van der Waals surface area (Å²) in [6, 6.07) is 17.0. The van der Waals surface area contributed by atoms with Crippen LogP contribution in [0.2, 0.25) is 10.0 Å². The van der Waals surface area contributed by atoms with Gasteiger partial charge in [0, 0.05) is 20.8 Å². The highest BCUT2D eigenvalue weighted by atomic mass is 35.5. The molecule has 0 aliphatic rings. The van der Waals surface area contributed by atoms with Gasteiger partial charge in [-0.3, -0.25) is 9.59 Å². The second kappa shape index (κ2) is 11.4. The molecule has 1 aromatic heterocycles. The standard InChI is InChI=1S/C26H19Cl2N3O5S/c1-14-7-9-16(12-18(14)27)30-24(32)25(33)31-29-13-15-8-10-19(20(11-15)35-2)36-26(34)23-22(28)17-5-3-4-6-21(17)37-23/h3-13H,1-2H3,(H,30,32)(H,31,33)/b29-13-. The van der Waals surface area contributed by atoms with Crippen LogP contribution in [-0.4, -0.2) is 31.1 Å². The number of hydrogen-bond donors (Lipinski definition) is 2. The molecule has 2 N–H and O–H groups in total. The summed E-state index contributed by atoms with van der Waals surface area (Å²) in [4.78, 5) is 37.2. The number of nitrogens with zero attached hydrogens (tertiary/aromatic N) is 1. The fourth-order valence-corrected chi connectivity index (χ4v) is 4.78. The lowest BCUT2D eigenvalue weighted by Gasteiger charge is -2.09. The summed E-state index contributed by atoms with van der Waals surface area (Å²) < 4.78 is 11.7. The molecular weight excluding hydrogens is 537 g/mol. The summed E-state index contributed by atoms with van der Waals surface area (Å²) in [7, 11) is 1.42. The van der Waals surface area contributed by atoms with E-state index in [4.69, 9.17) is 32.7 Å². The molecule has 8 nitrogen and oxygen atoms in total. The van der Waals surface area contributed by atoms with E-state index in [9.17, 15) is 14.4 Å². The number of ether oxygens (including phenoxy) is 2. The Morgan fingerprint density at radius 1 is 0.973 bits per heavy atom. The van der Waals surface area contributed by atoms with Crippen molar-refractivity contribution < 1.29 is 23.9 Å². The van der Waals surface area contributed by atoms with Crippen LogP contribution in [0.3, 0.4) is 0 Å². The van der Waals surface area contributed by atoms with Gasteiger partial charge >= 0.3 is 17.8 Å². The fourth-order valence-electron chi connectivity index (χ4n) is 3.22. The second-order valence-electron chi connectivity index (χ2n) is 7.66. The Balaban J connectivity index is 1.39. The molecule has 0 spiro atoms. The van der Waals surface area contributed by atoms with Crippen LogP contribution < -0.4 is 20.2 Å². The average Bonchev–Trinajstić information content (AvgIpc) is 3.23. The van der Waals surface area contributed by atoms with Crippen molar-refractivity contribution in [2.45, 2.75) is 6.92 Å². The first-order chi connectivity index (χ1) is 17.8. The predicted octanol–water partition coefficient (Wildman–Crippen LogP) is 5.83. The minimum atomic E-state index is -0.967. The molecule has 0 unspecified atom stereocenters. The van der Waals surface area contributed by atoms with Crippen LogP contribution in [0.25, 0.3) is 10.1 Å². The van der Waals surface area contributed by atoms with E-state index < -0.39 is 17.8 Å². The van der Waals surface area contributed by atoms with E-state index in [1.165, 1.54) is 30.7 Å². The van der Waals surface area contributed by atoms with Crippen molar-refractivity contribution in [2.24, 2.45) is 5.10 Å². The number of thiophene rings is 1. The number of anilines is 1. The molecule has 3 aromatic carbocycles. The van der Waals surface area contributed by atoms with Crippen molar-refractivity contribution in [1.82, 2.24) is 5.43 Å². The SMILES string of the molecule is COc1cc(/C=N\NC(=O)C(=O)Nc2ccc(C)c(Cl)c2)ccc1OC(=O)c1sc2ccccc2c1Cl. The van der Waals surface area contributed by atoms with Crippen LogP contribution in [0, 0.1) is 6.92 Å².